The topological polar surface area (TPSA) is 74.5 Å². The molecule has 0 unspecified atom stereocenters. The van der Waals surface area contributed by atoms with Gasteiger partial charge < -0.3 is 19.6 Å². The number of amides is 1. The van der Waals surface area contributed by atoms with Gasteiger partial charge in [0, 0.05) is 43.1 Å². The summed E-state index contributed by atoms with van der Waals surface area (Å²) < 4.78 is 5.42. The molecule has 0 aliphatic carbocycles. The van der Waals surface area contributed by atoms with E-state index in [9.17, 15) is 4.79 Å². The van der Waals surface area contributed by atoms with E-state index in [0.29, 0.717) is 28.1 Å². The van der Waals surface area contributed by atoms with Gasteiger partial charge >= 0.3 is 0 Å². The quantitative estimate of drug-likeness (QED) is 0.502. The molecule has 3 heterocycles. The molecule has 0 atom stereocenters. The van der Waals surface area contributed by atoms with Crippen LogP contribution in [0.2, 0.25) is 0 Å². The van der Waals surface area contributed by atoms with Gasteiger partial charge in [-0.3, -0.25) is 4.79 Å². The van der Waals surface area contributed by atoms with Crippen LogP contribution < -0.4 is 10.2 Å². The summed E-state index contributed by atoms with van der Waals surface area (Å²) in [5.41, 5.74) is 6.17. The van der Waals surface area contributed by atoms with Crippen LogP contribution in [0.4, 0.5) is 11.4 Å². The van der Waals surface area contributed by atoms with Crippen LogP contribution in [0, 0.1) is 13.8 Å². The number of likely N-dealkylation sites (N-methyl/N-ethyl adjacent to an activating group) is 1. The van der Waals surface area contributed by atoms with Crippen molar-refractivity contribution in [1.29, 1.82) is 0 Å². The van der Waals surface area contributed by atoms with Crippen molar-refractivity contribution in [2.45, 2.75) is 13.8 Å². The Morgan fingerprint density at radius 3 is 2.36 bits per heavy atom. The molecular formula is C26H27N5O2. The number of aromatic nitrogens is 2. The van der Waals surface area contributed by atoms with E-state index in [-0.39, 0.29) is 5.91 Å². The Labute approximate surface area is 193 Å². The highest BCUT2D eigenvalue weighted by molar-refractivity contribution is 6.13. The molecule has 2 aromatic heterocycles. The third-order valence-corrected chi connectivity index (χ3v) is 6.20. The molecule has 0 bridgehead atoms. The number of benzene rings is 2. The van der Waals surface area contributed by atoms with Crippen molar-refractivity contribution >= 4 is 28.4 Å². The van der Waals surface area contributed by atoms with Crippen molar-refractivity contribution in [3.8, 4) is 11.3 Å². The smallest absolute Gasteiger partial charge is 0.259 e. The highest BCUT2D eigenvalue weighted by Gasteiger charge is 2.20. The summed E-state index contributed by atoms with van der Waals surface area (Å²) in [6.45, 7) is 7.97. The van der Waals surface area contributed by atoms with Crippen LogP contribution in [0.15, 0.2) is 59.1 Å². The lowest BCUT2D eigenvalue weighted by molar-refractivity contribution is 0.102. The van der Waals surface area contributed by atoms with Gasteiger partial charge in [-0.25, -0.2) is 4.98 Å². The van der Waals surface area contributed by atoms with Crippen LogP contribution in [-0.4, -0.2) is 54.2 Å². The molecule has 33 heavy (non-hydrogen) atoms. The minimum absolute atomic E-state index is 0.214. The van der Waals surface area contributed by atoms with E-state index in [4.69, 9.17) is 4.52 Å². The molecule has 2 aromatic carbocycles. The maximum absolute atomic E-state index is 13.3. The number of hydrogen-bond acceptors (Lipinski definition) is 6. The summed E-state index contributed by atoms with van der Waals surface area (Å²) in [7, 11) is 2.15. The fourth-order valence-corrected chi connectivity index (χ4v) is 4.16. The standard InChI is InChI=1S/C26H27N5O2/c1-17-4-6-19(7-5-17)23-16-22(24-18(2)29-33-26(24)28-23)25(32)27-20-8-10-21(11-9-20)31-14-12-30(3)13-15-31/h4-11,16H,12-15H2,1-3H3,(H,27,32). The molecule has 5 rings (SSSR count). The van der Waals surface area contributed by atoms with Crippen molar-refractivity contribution in [1.82, 2.24) is 15.0 Å². The third-order valence-electron chi connectivity index (χ3n) is 6.20. The Bertz CT molecular complexity index is 1290. The lowest BCUT2D eigenvalue weighted by Crippen LogP contribution is -2.44. The molecule has 1 amide bonds. The van der Waals surface area contributed by atoms with Crippen LogP contribution in [0.3, 0.4) is 0 Å². The summed E-state index contributed by atoms with van der Waals surface area (Å²) in [6, 6.07) is 17.9. The Morgan fingerprint density at radius 1 is 0.970 bits per heavy atom. The predicted molar refractivity (Wildman–Crippen MR) is 131 cm³/mol. The number of carbonyl (C=O) groups excluding carboxylic acids is 1. The highest BCUT2D eigenvalue weighted by atomic mass is 16.5. The number of hydrogen-bond donors (Lipinski definition) is 1. The van der Waals surface area contributed by atoms with Gasteiger partial charge in [-0.2, -0.15) is 0 Å². The number of nitrogens with zero attached hydrogens (tertiary/aromatic N) is 4. The highest BCUT2D eigenvalue weighted by Crippen LogP contribution is 2.28. The average molecular weight is 442 g/mol. The van der Waals surface area contributed by atoms with E-state index in [2.05, 4.69) is 44.4 Å². The number of piperazine rings is 1. The lowest BCUT2D eigenvalue weighted by Gasteiger charge is -2.34. The molecule has 0 saturated carbocycles. The van der Waals surface area contributed by atoms with E-state index < -0.39 is 0 Å². The van der Waals surface area contributed by atoms with Crippen LogP contribution in [0.5, 0.6) is 0 Å². The summed E-state index contributed by atoms with van der Waals surface area (Å²) in [5, 5.41) is 7.70. The maximum atomic E-state index is 13.3. The van der Waals surface area contributed by atoms with Crippen molar-refractivity contribution in [2.24, 2.45) is 0 Å². The van der Waals surface area contributed by atoms with Gasteiger partial charge in [0.05, 0.1) is 22.3 Å². The number of pyridine rings is 1. The number of rotatable bonds is 4. The Kier molecular flexibility index (Phi) is 5.56. The molecule has 4 aromatic rings. The van der Waals surface area contributed by atoms with Crippen molar-refractivity contribution in [3.05, 3.63) is 71.4 Å². The number of anilines is 2. The number of carbonyl (C=O) groups is 1. The fourth-order valence-electron chi connectivity index (χ4n) is 4.16. The van der Waals surface area contributed by atoms with E-state index in [1.165, 1.54) is 5.69 Å². The molecule has 7 nitrogen and oxygen atoms in total. The summed E-state index contributed by atoms with van der Waals surface area (Å²) >= 11 is 0. The maximum Gasteiger partial charge on any atom is 0.259 e. The minimum Gasteiger partial charge on any atom is -0.369 e. The minimum atomic E-state index is -0.214. The first-order valence-corrected chi connectivity index (χ1v) is 11.2. The fraction of sp³-hybridized carbons (Fsp3) is 0.269. The SMILES string of the molecule is Cc1ccc(-c2cc(C(=O)Nc3ccc(N4CCN(C)CC4)cc3)c3c(C)noc3n2)cc1. The molecule has 1 aliphatic rings. The second-order valence-electron chi connectivity index (χ2n) is 8.66. The summed E-state index contributed by atoms with van der Waals surface area (Å²) in [5.74, 6) is -0.214. The number of fused-ring (bicyclic) bond motifs is 1. The molecular weight excluding hydrogens is 414 g/mol. The molecule has 168 valence electrons. The van der Waals surface area contributed by atoms with Crippen molar-refractivity contribution < 1.29 is 9.32 Å². The largest absolute Gasteiger partial charge is 0.369 e. The summed E-state index contributed by atoms with van der Waals surface area (Å²) in [6.07, 6.45) is 0. The molecule has 1 fully saturated rings. The zero-order valence-electron chi connectivity index (χ0n) is 19.1. The Morgan fingerprint density at radius 2 is 1.67 bits per heavy atom. The van der Waals surface area contributed by atoms with Gasteiger partial charge in [0.15, 0.2) is 0 Å². The van der Waals surface area contributed by atoms with Gasteiger partial charge in [-0.15, -0.1) is 0 Å². The summed E-state index contributed by atoms with van der Waals surface area (Å²) in [4.78, 5) is 22.6. The molecule has 1 N–H and O–H groups in total. The third kappa shape index (κ3) is 4.32. The van der Waals surface area contributed by atoms with E-state index in [0.717, 1.165) is 43.0 Å². The van der Waals surface area contributed by atoms with Crippen LogP contribution >= 0.6 is 0 Å². The Hall–Kier alpha value is -3.71. The first kappa shape index (κ1) is 21.2. The molecule has 0 spiro atoms. The van der Waals surface area contributed by atoms with Gasteiger partial charge in [-0.05, 0) is 51.2 Å². The van der Waals surface area contributed by atoms with Crippen LogP contribution in [0.25, 0.3) is 22.4 Å². The zero-order chi connectivity index (χ0) is 22.9. The zero-order valence-corrected chi connectivity index (χ0v) is 19.1. The van der Waals surface area contributed by atoms with Crippen LogP contribution in [0.1, 0.15) is 21.6 Å². The monoisotopic (exact) mass is 441 g/mol. The lowest BCUT2D eigenvalue weighted by atomic mass is 10.0. The van der Waals surface area contributed by atoms with E-state index >= 15 is 0 Å². The predicted octanol–water partition coefficient (Wildman–Crippen LogP) is 4.51. The van der Waals surface area contributed by atoms with Crippen LogP contribution in [-0.2, 0) is 0 Å². The average Bonchev–Trinajstić information content (AvgIpc) is 3.21. The van der Waals surface area contributed by atoms with Gasteiger partial charge in [0.2, 0.25) is 0 Å². The second-order valence-corrected chi connectivity index (χ2v) is 8.66. The van der Waals surface area contributed by atoms with E-state index in [1.54, 1.807) is 0 Å². The first-order chi connectivity index (χ1) is 16.0. The van der Waals surface area contributed by atoms with Gasteiger partial charge in [-0.1, -0.05) is 35.0 Å². The van der Waals surface area contributed by atoms with Crippen molar-refractivity contribution in [2.75, 3.05) is 43.4 Å². The van der Waals surface area contributed by atoms with E-state index in [1.807, 2.05) is 56.3 Å². The number of nitrogens with one attached hydrogen (secondary N) is 1. The molecule has 1 saturated heterocycles. The number of aryl methyl sites for hydroxylation is 2. The Balaban J connectivity index is 1.42. The second kappa shape index (κ2) is 8.67. The van der Waals surface area contributed by atoms with Gasteiger partial charge in [0.25, 0.3) is 11.6 Å². The normalized spacial score (nSPS) is 14.6. The molecule has 7 heteroatoms. The molecule has 0 radical (unpaired) electrons. The first-order valence-electron chi connectivity index (χ1n) is 11.2. The van der Waals surface area contributed by atoms with Crippen molar-refractivity contribution in [3.63, 3.8) is 0 Å². The van der Waals surface area contributed by atoms with Gasteiger partial charge in [0.1, 0.15) is 0 Å². The molecule has 1 aliphatic heterocycles.